The number of carbonyl (C=O) groups is 1. The van der Waals surface area contributed by atoms with E-state index in [-0.39, 0.29) is 23.3 Å². The molecule has 0 radical (unpaired) electrons. The highest BCUT2D eigenvalue weighted by atomic mass is 16.6. The monoisotopic (exact) mass is 448 g/mol. The van der Waals surface area contributed by atoms with Crippen molar-refractivity contribution in [2.24, 2.45) is 5.41 Å². The van der Waals surface area contributed by atoms with Crippen LogP contribution in [0.3, 0.4) is 0 Å². The van der Waals surface area contributed by atoms with Gasteiger partial charge in [0.25, 0.3) is 0 Å². The summed E-state index contributed by atoms with van der Waals surface area (Å²) in [5, 5.41) is 14.0. The average Bonchev–Trinajstić information content (AvgIpc) is 2.77. The molecule has 1 unspecified atom stereocenters. The summed E-state index contributed by atoms with van der Waals surface area (Å²) >= 11 is 0. The number of aromatic nitrogens is 2. The number of phenolic OH excluding ortho intramolecular Hbond substituents is 1. The van der Waals surface area contributed by atoms with E-state index in [4.69, 9.17) is 14.7 Å². The Morgan fingerprint density at radius 2 is 1.94 bits per heavy atom. The minimum atomic E-state index is -0.422. The molecule has 1 aliphatic heterocycles. The minimum absolute atomic E-state index is 0.0832. The van der Waals surface area contributed by atoms with Gasteiger partial charge in [0.1, 0.15) is 17.7 Å². The molecule has 2 N–H and O–H groups in total. The lowest BCUT2D eigenvalue weighted by molar-refractivity contribution is 0.0359. The second kappa shape index (κ2) is 8.89. The van der Waals surface area contributed by atoms with E-state index in [1.165, 1.54) is 0 Å². The molecular formula is C26H32N4O3. The maximum absolute atomic E-state index is 12.1. The number of amides is 1. The molecule has 0 saturated carbocycles. The molecule has 1 fully saturated rings. The van der Waals surface area contributed by atoms with Gasteiger partial charge in [0.05, 0.1) is 17.1 Å². The van der Waals surface area contributed by atoms with Crippen molar-refractivity contribution in [3.63, 3.8) is 0 Å². The third-order valence-corrected chi connectivity index (χ3v) is 6.17. The Morgan fingerprint density at radius 3 is 2.64 bits per heavy atom. The van der Waals surface area contributed by atoms with Crippen molar-refractivity contribution >= 4 is 22.8 Å². The standard InChI is InChI=1S/C26H32N4O3/c1-16-12-13-17-19(15-16)28-23(18-9-6-7-10-20(18)31)29-24(17)30-14-8-11-21(33-25(32)27-5)22(30)26(2,3)4/h6-7,9-10,12-13,15,21-22,31H,8,11,14H2,1-5H3,(H,27,32)/t21?,22-/m1/s1. The van der Waals surface area contributed by atoms with Crippen LogP contribution in [0.1, 0.15) is 39.2 Å². The molecule has 2 heterocycles. The van der Waals surface area contributed by atoms with Gasteiger partial charge in [0, 0.05) is 19.0 Å². The molecule has 1 aliphatic rings. The van der Waals surface area contributed by atoms with Crippen molar-refractivity contribution in [2.75, 3.05) is 18.5 Å². The van der Waals surface area contributed by atoms with Gasteiger partial charge in [0.15, 0.2) is 5.82 Å². The first-order valence-electron chi connectivity index (χ1n) is 11.4. The topological polar surface area (TPSA) is 87.6 Å². The molecule has 4 rings (SSSR count). The Balaban J connectivity index is 1.91. The molecular weight excluding hydrogens is 416 g/mol. The number of benzene rings is 2. The van der Waals surface area contributed by atoms with Crippen LogP contribution in [0.15, 0.2) is 42.5 Å². The zero-order chi connectivity index (χ0) is 23.8. The van der Waals surface area contributed by atoms with E-state index in [2.05, 4.69) is 43.1 Å². The van der Waals surface area contributed by atoms with Crippen molar-refractivity contribution in [3.05, 3.63) is 48.0 Å². The van der Waals surface area contributed by atoms with Gasteiger partial charge < -0.3 is 20.1 Å². The summed E-state index contributed by atoms with van der Waals surface area (Å²) in [6.07, 6.45) is 0.967. The highest BCUT2D eigenvalue weighted by Gasteiger charge is 2.42. The van der Waals surface area contributed by atoms with Crippen LogP contribution in [0, 0.1) is 12.3 Å². The molecule has 2 atom stereocenters. The van der Waals surface area contributed by atoms with Gasteiger partial charge in [-0.05, 0) is 55.0 Å². The summed E-state index contributed by atoms with van der Waals surface area (Å²) in [4.78, 5) is 24.2. The Morgan fingerprint density at radius 1 is 1.18 bits per heavy atom. The molecule has 0 bridgehead atoms. The van der Waals surface area contributed by atoms with Gasteiger partial charge in [-0.3, -0.25) is 0 Å². The zero-order valence-electron chi connectivity index (χ0n) is 19.9. The van der Waals surface area contributed by atoms with Gasteiger partial charge in [0.2, 0.25) is 0 Å². The van der Waals surface area contributed by atoms with E-state index < -0.39 is 6.09 Å². The first-order chi connectivity index (χ1) is 15.7. The van der Waals surface area contributed by atoms with Crippen molar-refractivity contribution in [2.45, 2.75) is 52.7 Å². The molecule has 2 aromatic carbocycles. The smallest absolute Gasteiger partial charge is 0.407 e. The number of piperidine rings is 1. The summed E-state index contributed by atoms with van der Waals surface area (Å²) in [5.74, 6) is 1.41. The maximum Gasteiger partial charge on any atom is 0.407 e. The molecule has 3 aromatic rings. The number of para-hydroxylation sites is 1. The average molecular weight is 449 g/mol. The zero-order valence-corrected chi connectivity index (χ0v) is 19.9. The molecule has 0 spiro atoms. The Bertz CT molecular complexity index is 1170. The summed E-state index contributed by atoms with van der Waals surface area (Å²) in [7, 11) is 1.58. The number of aromatic hydroxyl groups is 1. The number of carbonyl (C=O) groups excluding carboxylic acids is 1. The van der Waals surface area contributed by atoms with Gasteiger partial charge in [-0.15, -0.1) is 0 Å². The number of nitrogens with one attached hydrogen (secondary N) is 1. The molecule has 1 saturated heterocycles. The first kappa shape index (κ1) is 22.8. The SMILES string of the molecule is CNC(=O)OC1CCCN(c2nc(-c3ccccc3O)nc3cc(C)ccc23)[C@H]1C(C)(C)C. The number of hydrogen-bond acceptors (Lipinski definition) is 6. The van der Waals surface area contributed by atoms with E-state index >= 15 is 0 Å². The number of rotatable bonds is 3. The second-order valence-electron chi connectivity index (χ2n) is 9.75. The van der Waals surface area contributed by atoms with E-state index in [9.17, 15) is 9.90 Å². The number of fused-ring (bicyclic) bond motifs is 1. The summed E-state index contributed by atoms with van der Waals surface area (Å²) in [6.45, 7) is 9.30. The van der Waals surface area contributed by atoms with Crippen LogP contribution < -0.4 is 10.2 Å². The van der Waals surface area contributed by atoms with Crippen LogP contribution in [-0.4, -0.2) is 46.9 Å². The largest absolute Gasteiger partial charge is 0.507 e. The first-order valence-corrected chi connectivity index (χ1v) is 11.4. The van der Waals surface area contributed by atoms with E-state index in [1.807, 2.05) is 25.1 Å². The Kier molecular flexibility index (Phi) is 6.15. The van der Waals surface area contributed by atoms with Crippen LogP contribution in [0.25, 0.3) is 22.3 Å². The molecule has 7 heteroatoms. The fourth-order valence-electron chi connectivity index (χ4n) is 4.77. The van der Waals surface area contributed by atoms with Crippen LogP contribution in [0.5, 0.6) is 5.75 Å². The highest BCUT2D eigenvalue weighted by molar-refractivity contribution is 5.92. The lowest BCUT2D eigenvalue weighted by Crippen LogP contribution is -2.57. The number of hydrogen-bond donors (Lipinski definition) is 2. The van der Waals surface area contributed by atoms with Crippen LogP contribution in [-0.2, 0) is 4.74 Å². The van der Waals surface area contributed by atoms with Gasteiger partial charge >= 0.3 is 6.09 Å². The van der Waals surface area contributed by atoms with Crippen molar-refractivity contribution in [3.8, 4) is 17.1 Å². The predicted octanol–water partition coefficient (Wildman–Crippen LogP) is 5.05. The third-order valence-electron chi connectivity index (χ3n) is 6.17. The van der Waals surface area contributed by atoms with E-state index in [0.29, 0.717) is 11.4 Å². The molecule has 1 amide bonds. The van der Waals surface area contributed by atoms with Gasteiger partial charge in [-0.2, -0.15) is 0 Å². The summed E-state index contributed by atoms with van der Waals surface area (Å²) < 4.78 is 5.82. The summed E-state index contributed by atoms with van der Waals surface area (Å²) in [5.41, 5.74) is 2.32. The highest BCUT2D eigenvalue weighted by Crippen LogP contribution is 2.40. The van der Waals surface area contributed by atoms with Crippen LogP contribution in [0.4, 0.5) is 10.6 Å². The van der Waals surface area contributed by atoms with Crippen LogP contribution >= 0.6 is 0 Å². The van der Waals surface area contributed by atoms with Crippen molar-refractivity contribution < 1.29 is 14.6 Å². The summed E-state index contributed by atoms with van der Waals surface area (Å²) in [6, 6.07) is 13.2. The number of ether oxygens (including phenoxy) is 1. The molecule has 0 aliphatic carbocycles. The molecule has 174 valence electrons. The Hall–Kier alpha value is -3.35. The second-order valence-corrected chi connectivity index (χ2v) is 9.75. The van der Waals surface area contributed by atoms with Gasteiger partial charge in [-0.25, -0.2) is 14.8 Å². The molecule has 7 nitrogen and oxygen atoms in total. The number of phenols is 1. The quantitative estimate of drug-likeness (QED) is 0.583. The number of aryl methyl sites for hydroxylation is 1. The lowest BCUT2D eigenvalue weighted by Gasteiger charge is -2.48. The maximum atomic E-state index is 12.1. The van der Waals surface area contributed by atoms with E-state index in [1.54, 1.807) is 19.2 Å². The number of anilines is 1. The fraction of sp³-hybridized carbons (Fsp3) is 0.423. The van der Waals surface area contributed by atoms with Crippen LogP contribution in [0.2, 0.25) is 0 Å². The predicted molar refractivity (Wildman–Crippen MR) is 131 cm³/mol. The minimum Gasteiger partial charge on any atom is -0.507 e. The molecule has 33 heavy (non-hydrogen) atoms. The normalized spacial score (nSPS) is 18.9. The van der Waals surface area contributed by atoms with E-state index in [0.717, 1.165) is 41.7 Å². The van der Waals surface area contributed by atoms with Gasteiger partial charge in [-0.1, -0.05) is 39.0 Å². The Labute approximate surface area is 194 Å². The molecule has 1 aromatic heterocycles. The van der Waals surface area contributed by atoms with Crippen molar-refractivity contribution in [1.29, 1.82) is 0 Å². The number of nitrogens with zero attached hydrogens (tertiary/aromatic N) is 3. The number of alkyl carbamates (subject to hydrolysis) is 1. The lowest BCUT2D eigenvalue weighted by atomic mass is 9.78. The third kappa shape index (κ3) is 4.58. The van der Waals surface area contributed by atoms with Crippen molar-refractivity contribution in [1.82, 2.24) is 15.3 Å². The fourth-order valence-corrected chi connectivity index (χ4v) is 4.77.